The van der Waals surface area contributed by atoms with Crippen molar-refractivity contribution in [3.8, 4) is 0 Å². The lowest BCUT2D eigenvalue weighted by molar-refractivity contribution is 0.256. The standard InChI is InChI=1S/C41H28ClN5/c42-35-26-14-13-25-34(35)41(46-38(31-20-9-3-10-21-31)39(47-41)32-22-11-4-12-23-32)40(33-24-15-27-43-28-33)44-36(29-16-5-1-6-17-29)37(45-40)30-18-7-2-8-19-30/h1-28H. The Hall–Kier alpha value is -5.78. The zero-order valence-corrected chi connectivity index (χ0v) is 26.0. The van der Waals surface area contributed by atoms with Crippen molar-refractivity contribution in [2.24, 2.45) is 20.0 Å². The number of hydrogen-bond donors (Lipinski definition) is 0. The third-order valence-corrected chi connectivity index (χ3v) is 8.86. The van der Waals surface area contributed by atoms with Crippen molar-refractivity contribution in [1.82, 2.24) is 4.98 Å². The Labute approximate surface area is 278 Å². The van der Waals surface area contributed by atoms with Gasteiger partial charge in [0.25, 0.3) is 0 Å². The SMILES string of the molecule is Clc1ccccc1C1(C2(c3cccnc3)N=C(c3ccccc3)C(c3ccccc3)=N2)N=C(c2ccccc2)C(c2ccccc2)=N1. The summed E-state index contributed by atoms with van der Waals surface area (Å²) >= 11 is 7.16. The van der Waals surface area contributed by atoms with Gasteiger partial charge in [0.1, 0.15) is 0 Å². The van der Waals surface area contributed by atoms with Crippen LogP contribution in [0.25, 0.3) is 0 Å². The predicted octanol–water partition coefficient (Wildman–Crippen LogP) is 8.73. The van der Waals surface area contributed by atoms with Crippen LogP contribution in [0.2, 0.25) is 5.02 Å². The quantitative estimate of drug-likeness (QED) is 0.175. The molecule has 0 bridgehead atoms. The first-order chi connectivity index (χ1) is 23.2. The molecule has 5 aromatic carbocycles. The highest BCUT2D eigenvalue weighted by Crippen LogP contribution is 2.55. The van der Waals surface area contributed by atoms with E-state index in [0.29, 0.717) is 10.6 Å². The summed E-state index contributed by atoms with van der Waals surface area (Å²) in [7, 11) is 0. The molecule has 0 spiro atoms. The van der Waals surface area contributed by atoms with Crippen LogP contribution in [0.3, 0.4) is 0 Å². The Balaban J connectivity index is 1.54. The minimum absolute atomic E-state index is 0.518. The molecule has 224 valence electrons. The number of rotatable bonds is 7. The third kappa shape index (κ3) is 4.84. The molecular formula is C41H28ClN5. The van der Waals surface area contributed by atoms with Gasteiger partial charge in [-0.15, -0.1) is 0 Å². The molecule has 3 heterocycles. The number of nitrogens with zero attached hydrogens (tertiary/aromatic N) is 5. The van der Waals surface area contributed by atoms with Crippen LogP contribution in [0.1, 0.15) is 33.4 Å². The first kappa shape index (κ1) is 28.7. The number of hydrogen-bond acceptors (Lipinski definition) is 5. The van der Waals surface area contributed by atoms with E-state index >= 15 is 0 Å². The Kier molecular flexibility index (Phi) is 7.24. The number of aromatic nitrogens is 1. The van der Waals surface area contributed by atoms with Gasteiger partial charge in [-0.05, 0) is 12.1 Å². The summed E-state index contributed by atoms with van der Waals surface area (Å²) in [5.74, 6) is 0. The average molecular weight is 626 g/mol. The molecule has 0 saturated heterocycles. The van der Waals surface area contributed by atoms with Gasteiger partial charge in [0, 0.05) is 50.8 Å². The summed E-state index contributed by atoms with van der Waals surface area (Å²) < 4.78 is 0. The largest absolute Gasteiger partial charge is 0.264 e. The molecule has 0 fully saturated rings. The van der Waals surface area contributed by atoms with Crippen LogP contribution in [0.4, 0.5) is 0 Å². The minimum atomic E-state index is -1.44. The van der Waals surface area contributed by atoms with Crippen molar-refractivity contribution in [1.29, 1.82) is 0 Å². The van der Waals surface area contributed by atoms with Gasteiger partial charge in [0.05, 0.1) is 22.8 Å². The fourth-order valence-corrected chi connectivity index (χ4v) is 6.63. The van der Waals surface area contributed by atoms with E-state index in [9.17, 15) is 0 Å². The normalized spacial score (nSPS) is 16.2. The van der Waals surface area contributed by atoms with Crippen LogP contribution in [-0.4, -0.2) is 27.8 Å². The van der Waals surface area contributed by atoms with Crippen molar-refractivity contribution < 1.29 is 0 Å². The third-order valence-electron chi connectivity index (χ3n) is 8.53. The van der Waals surface area contributed by atoms with Gasteiger partial charge in [0.2, 0.25) is 11.3 Å². The molecular weight excluding hydrogens is 598 g/mol. The molecule has 1 aromatic heterocycles. The zero-order valence-electron chi connectivity index (χ0n) is 25.3. The molecule has 6 heteroatoms. The van der Waals surface area contributed by atoms with Gasteiger partial charge < -0.3 is 0 Å². The highest BCUT2D eigenvalue weighted by molar-refractivity contribution is 6.56. The van der Waals surface area contributed by atoms with Gasteiger partial charge in [0.15, 0.2) is 0 Å². The second-order valence-corrected chi connectivity index (χ2v) is 11.8. The topological polar surface area (TPSA) is 62.3 Å². The van der Waals surface area contributed by atoms with Crippen LogP contribution in [0, 0.1) is 0 Å². The number of aliphatic imine (C=N–C) groups is 4. The van der Waals surface area contributed by atoms with Crippen LogP contribution in [-0.2, 0) is 11.3 Å². The Morgan fingerprint density at radius 2 is 0.766 bits per heavy atom. The maximum Gasteiger partial charge on any atom is 0.227 e. The monoisotopic (exact) mass is 625 g/mol. The fraction of sp³-hybridized carbons (Fsp3) is 0.0488. The van der Waals surface area contributed by atoms with Crippen LogP contribution in [0.15, 0.2) is 190 Å². The zero-order chi connectivity index (χ0) is 31.7. The number of benzene rings is 5. The van der Waals surface area contributed by atoms with Crippen LogP contribution in [0.5, 0.6) is 0 Å². The first-order valence-electron chi connectivity index (χ1n) is 15.5. The minimum Gasteiger partial charge on any atom is -0.264 e. The molecule has 0 saturated carbocycles. The highest BCUT2D eigenvalue weighted by Gasteiger charge is 2.61. The van der Waals surface area contributed by atoms with Gasteiger partial charge in [-0.25, -0.2) is 20.0 Å². The molecule has 0 radical (unpaired) electrons. The van der Waals surface area contributed by atoms with Gasteiger partial charge in [-0.1, -0.05) is 157 Å². The lowest BCUT2D eigenvalue weighted by Gasteiger charge is -2.38. The van der Waals surface area contributed by atoms with Crippen LogP contribution < -0.4 is 0 Å². The van der Waals surface area contributed by atoms with E-state index in [-0.39, 0.29) is 0 Å². The average Bonchev–Trinajstić information content (AvgIpc) is 3.76. The van der Waals surface area contributed by atoms with E-state index in [0.717, 1.165) is 50.7 Å². The van der Waals surface area contributed by atoms with Gasteiger partial charge in [-0.3, -0.25) is 4.98 Å². The van der Waals surface area contributed by atoms with E-state index in [4.69, 9.17) is 31.6 Å². The molecule has 47 heavy (non-hydrogen) atoms. The second-order valence-electron chi connectivity index (χ2n) is 11.4. The fourth-order valence-electron chi connectivity index (χ4n) is 6.36. The molecule has 6 aromatic rings. The Morgan fingerprint density at radius 1 is 0.383 bits per heavy atom. The lowest BCUT2D eigenvalue weighted by Crippen LogP contribution is -2.43. The summed E-state index contributed by atoms with van der Waals surface area (Å²) in [5.41, 5.74) is 5.28. The summed E-state index contributed by atoms with van der Waals surface area (Å²) in [6.07, 6.45) is 3.57. The maximum atomic E-state index is 7.16. The van der Waals surface area contributed by atoms with Crippen molar-refractivity contribution in [3.63, 3.8) is 0 Å². The molecule has 2 aliphatic heterocycles. The van der Waals surface area contributed by atoms with E-state index in [1.807, 2.05) is 115 Å². The van der Waals surface area contributed by atoms with Gasteiger partial charge >= 0.3 is 0 Å². The van der Waals surface area contributed by atoms with Crippen molar-refractivity contribution in [2.45, 2.75) is 11.3 Å². The van der Waals surface area contributed by atoms with E-state index < -0.39 is 11.3 Å². The lowest BCUT2D eigenvalue weighted by atomic mass is 9.82. The maximum absolute atomic E-state index is 7.16. The smallest absolute Gasteiger partial charge is 0.227 e. The van der Waals surface area contributed by atoms with Crippen molar-refractivity contribution >= 4 is 34.4 Å². The molecule has 2 aliphatic rings. The van der Waals surface area contributed by atoms with Crippen molar-refractivity contribution in [3.05, 3.63) is 209 Å². The first-order valence-corrected chi connectivity index (χ1v) is 15.8. The summed E-state index contributed by atoms with van der Waals surface area (Å²) in [6.45, 7) is 0. The number of pyridine rings is 1. The molecule has 0 N–H and O–H groups in total. The van der Waals surface area contributed by atoms with E-state index in [1.54, 1.807) is 6.20 Å². The molecule has 5 nitrogen and oxygen atoms in total. The molecule has 0 unspecified atom stereocenters. The highest BCUT2D eigenvalue weighted by atomic mass is 35.5. The molecule has 0 amide bonds. The van der Waals surface area contributed by atoms with Gasteiger partial charge in [-0.2, -0.15) is 0 Å². The van der Waals surface area contributed by atoms with E-state index in [1.165, 1.54) is 0 Å². The Morgan fingerprint density at radius 3 is 1.15 bits per heavy atom. The molecule has 0 atom stereocenters. The second kappa shape index (κ2) is 11.9. The van der Waals surface area contributed by atoms with Crippen molar-refractivity contribution in [2.75, 3.05) is 0 Å². The van der Waals surface area contributed by atoms with Crippen LogP contribution >= 0.6 is 11.6 Å². The predicted molar refractivity (Wildman–Crippen MR) is 191 cm³/mol. The Bertz CT molecular complexity index is 2070. The summed E-state index contributed by atoms with van der Waals surface area (Å²) in [4.78, 5) is 27.2. The molecule has 8 rings (SSSR count). The summed E-state index contributed by atoms with van der Waals surface area (Å²) in [5, 5.41) is 0.518. The van der Waals surface area contributed by atoms with E-state index in [2.05, 4.69) is 53.5 Å². The summed E-state index contributed by atoms with van der Waals surface area (Å²) in [6, 6.07) is 52.2. The molecule has 0 aliphatic carbocycles. The number of halogens is 1.